The van der Waals surface area contributed by atoms with Crippen LogP contribution in [0.2, 0.25) is 0 Å². The second kappa shape index (κ2) is 11.5. The number of phosphoric ester groups is 1. The molecule has 166 valence electrons. The van der Waals surface area contributed by atoms with Crippen LogP contribution in [0.5, 0.6) is 17.2 Å². The van der Waals surface area contributed by atoms with Gasteiger partial charge in [-0.2, -0.15) is 0 Å². The Labute approximate surface area is 213 Å². The van der Waals surface area contributed by atoms with Crippen LogP contribution < -0.4 is 54.0 Å². The van der Waals surface area contributed by atoms with Gasteiger partial charge in [0.05, 0.1) is 5.56 Å². The number of hydrogen-bond acceptors (Lipinski definition) is 7. The van der Waals surface area contributed by atoms with Crippen LogP contribution in [0.15, 0.2) is 66.7 Å². The molecule has 10 heteroatoms. The van der Waals surface area contributed by atoms with Crippen molar-refractivity contribution in [2.45, 2.75) is 13.8 Å². The number of carbonyl (C=O) groups excluding carboxylic acids is 2. The first-order valence-electron chi connectivity index (χ1n) is 9.56. The summed E-state index contributed by atoms with van der Waals surface area (Å²) in [5, 5.41) is 0. The summed E-state index contributed by atoms with van der Waals surface area (Å²) in [7, 11) is -4.81. The van der Waals surface area contributed by atoms with Crippen molar-refractivity contribution in [3.05, 3.63) is 89.0 Å². The van der Waals surface area contributed by atoms with Crippen molar-refractivity contribution in [2.24, 2.45) is 5.73 Å². The predicted molar refractivity (Wildman–Crippen MR) is 116 cm³/mol. The average molecular weight is 477 g/mol. The summed E-state index contributed by atoms with van der Waals surface area (Å²) >= 11 is 0. The Kier molecular flexibility index (Phi) is 9.28. The van der Waals surface area contributed by atoms with Gasteiger partial charge >= 0.3 is 37.4 Å². The van der Waals surface area contributed by atoms with Gasteiger partial charge in [-0.05, 0) is 49.2 Å². The molecule has 3 aromatic carbocycles. The standard InChI is InChI=1S/C23H22NO7P.Na/c1-15-10-16(2)12-19(11-15)31-32(27,28)30-18-8-9-20(21(13-18)29-14-22(24)25)23(26)17-6-4-3-5-7-17;/h3-13H,14H2,1-2H3,(H2,24,25)(H,27,28);/q;+1/p-1. The second-order valence-electron chi connectivity index (χ2n) is 7.06. The molecule has 0 saturated carbocycles. The first kappa shape index (κ1) is 26.6. The van der Waals surface area contributed by atoms with Crippen LogP contribution in [0, 0.1) is 13.8 Å². The minimum absolute atomic E-state index is 0. The molecule has 0 heterocycles. The van der Waals surface area contributed by atoms with E-state index < -0.39 is 20.3 Å². The quantitative estimate of drug-likeness (QED) is 0.267. The number of carbonyl (C=O) groups is 2. The third-order valence-corrected chi connectivity index (χ3v) is 5.10. The van der Waals surface area contributed by atoms with Crippen LogP contribution in [-0.2, 0) is 9.36 Å². The Morgan fingerprint density at radius 2 is 1.52 bits per heavy atom. The fourth-order valence-electron chi connectivity index (χ4n) is 3.02. The topological polar surface area (TPSA) is 128 Å². The molecule has 0 fully saturated rings. The second-order valence-corrected chi connectivity index (χ2v) is 8.32. The fraction of sp³-hybridized carbons (Fsp3) is 0.130. The molecule has 8 nitrogen and oxygen atoms in total. The molecular weight excluding hydrogens is 456 g/mol. The van der Waals surface area contributed by atoms with Gasteiger partial charge in [0.1, 0.15) is 17.2 Å². The molecule has 3 rings (SSSR count). The van der Waals surface area contributed by atoms with Gasteiger partial charge in [0.2, 0.25) is 0 Å². The van der Waals surface area contributed by atoms with E-state index in [4.69, 9.17) is 19.5 Å². The number of phosphoric acid groups is 1. The zero-order valence-electron chi connectivity index (χ0n) is 18.4. The molecule has 0 spiro atoms. The Morgan fingerprint density at radius 1 is 0.909 bits per heavy atom. The number of ketones is 1. The van der Waals surface area contributed by atoms with E-state index in [1.807, 2.05) is 6.07 Å². The van der Waals surface area contributed by atoms with Crippen LogP contribution in [0.3, 0.4) is 0 Å². The van der Waals surface area contributed by atoms with E-state index in [9.17, 15) is 19.0 Å². The summed E-state index contributed by atoms with van der Waals surface area (Å²) < 4.78 is 27.8. The SMILES string of the molecule is Cc1cc(C)cc(OP(=O)([O-])Oc2ccc(C(=O)c3ccccc3)c(OCC(N)=O)c2)c1.[Na+]. The fourth-order valence-corrected chi connectivity index (χ4v) is 3.80. The number of primary amides is 1. The van der Waals surface area contributed by atoms with Gasteiger partial charge in [0, 0.05) is 11.6 Å². The van der Waals surface area contributed by atoms with E-state index in [1.54, 1.807) is 56.3 Å². The van der Waals surface area contributed by atoms with Crippen molar-refractivity contribution < 1.29 is 62.4 Å². The largest absolute Gasteiger partial charge is 1.00 e. The number of rotatable bonds is 9. The average Bonchev–Trinajstić information content (AvgIpc) is 2.71. The van der Waals surface area contributed by atoms with Gasteiger partial charge < -0.3 is 24.4 Å². The smallest absolute Gasteiger partial charge is 0.736 e. The number of benzene rings is 3. The van der Waals surface area contributed by atoms with Crippen molar-refractivity contribution in [3.63, 3.8) is 0 Å². The molecule has 0 bridgehead atoms. The van der Waals surface area contributed by atoms with Gasteiger partial charge in [-0.1, -0.05) is 36.4 Å². The maximum absolute atomic E-state index is 12.8. The van der Waals surface area contributed by atoms with Crippen LogP contribution >= 0.6 is 7.82 Å². The predicted octanol–water partition coefficient (Wildman–Crippen LogP) is 0.329. The number of amides is 1. The molecule has 0 saturated heterocycles. The Hall–Kier alpha value is -2.61. The molecule has 0 aliphatic rings. The number of nitrogens with two attached hydrogens (primary N) is 1. The van der Waals surface area contributed by atoms with E-state index in [0.717, 1.165) is 11.1 Å². The van der Waals surface area contributed by atoms with Crippen molar-refractivity contribution in [1.29, 1.82) is 0 Å². The summed E-state index contributed by atoms with van der Waals surface area (Å²) in [6, 6.07) is 17.2. The van der Waals surface area contributed by atoms with E-state index >= 15 is 0 Å². The molecule has 33 heavy (non-hydrogen) atoms. The van der Waals surface area contributed by atoms with Gasteiger partial charge in [0.25, 0.3) is 5.91 Å². The summed E-state index contributed by atoms with van der Waals surface area (Å²) in [6.07, 6.45) is 0. The van der Waals surface area contributed by atoms with Gasteiger partial charge in [-0.3, -0.25) is 9.59 Å². The Morgan fingerprint density at radius 3 is 2.12 bits per heavy atom. The summed E-state index contributed by atoms with van der Waals surface area (Å²) in [5.41, 5.74) is 7.28. The van der Waals surface area contributed by atoms with E-state index in [2.05, 4.69) is 0 Å². The zero-order valence-corrected chi connectivity index (χ0v) is 21.3. The molecule has 2 N–H and O–H groups in total. The number of aryl methyl sites for hydroxylation is 2. The minimum atomic E-state index is -4.81. The molecule has 1 unspecified atom stereocenters. The molecule has 0 aromatic heterocycles. The van der Waals surface area contributed by atoms with Crippen molar-refractivity contribution in [3.8, 4) is 17.2 Å². The number of hydrogen-bond donors (Lipinski definition) is 1. The summed E-state index contributed by atoms with van der Waals surface area (Å²) in [6.45, 7) is 3.11. The van der Waals surface area contributed by atoms with E-state index in [1.165, 1.54) is 18.2 Å². The van der Waals surface area contributed by atoms with Gasteiger partial charge in [-0.15, -0.1) is 0 Å². The van der Waals surface area contributed by atoms with Crippen LogP contribution in [-0.4, -0.2) is 18.3 Å². The minimum Gasteiger partial charge on any atom is -0.736 e. The Balaban J connectivity index is 0.00000385. The number of ether oxygens (including phenoxy) is 1. The molecule has 0 radical (unpaired) electrons. The third kappa shape index (κ3) is 7.74. The molecule has 0 aliphatic carbocycles. The molecule has 0 aliphatic heterocycles. The maximum Gasteiger partial charge on any atom is 1.00 e. The van der Waals surface area contributed by atoms with Gasteiger partial charge in [0.15, 0.2) is 12.4 Å². The van der Waals surface area contributed by atoms with E-state index in [-0.39, 0.29) is 58.2 Å². The van der Waals surface area contributed by atoms with Crippen LogP contribution in [0.1, 0.15) is 27.0 Å². The molecule has 1 atom stereocenters. The van der Waals surface area contributed by atoms with Crippen molar-refractivity contribution in [1.82, 2.24) is 0 Å². The maximum atomic E-state index is 12.8. The molecular formula is C23H21NNaO7P. The first-order valence-corrected chi connectivity index (χ1v) is 11.0. The molecule has 1 amide bonds. The van der Waals surface area contributed by atoms with Crippen molar-refractivity contribution >= 4 is 19.5 Å². The monoisotopic (exact) mass is 477 g/mol. The van der Waals surface area contributed by atoms with Gasteiger partial charge in [-0.25, -0.2) is 4.57 Å². The zero-order chi connectivity index (χ0) is 23.3. The van der Waals surface area contributed by atoms with Crippen molar-refractivity contribution in [2.75, 3.05) is 6.61 Å². The van der Waals surface area contributed by atoms with Crippen LogP contribution in [0.25, 0.3) is 0 Å². The normalized spacial score (nSPS) is 12.1. The summed E-state index contributed by atoms with van der Waals surface area (Å²) in [5.74, 6) is -1.24. The van der Waals surface area contributed by atoms with Crippen LogP contribution in [0.4, 0.5) is 0 Å². The summed E-state index contributed by atoms with van der Waals surface area (Å²) in [4.78, 5) is 36.4. The third-order valence-electron chi connectivity index (χ3n) is 4.23. The Bertz CT molecular complexity index is 1180. The van der Waals surface area contributed by atoms with E-state index in [0.29, 0.717) is 5.56 Å². The first-order chi connectivity index (χ1) is 15.1. The molecule has 3 aromatic rings.